The number of hydrogen-bond donors (Lipinski definition) is 1. The number of hydrogen-bond acceptors (Lipinski definition) is 5. The minimum Gasteiger partial charge on any atom is -0.380 e. The van der Waals surface area contributed by atoms with Crippen LogP contribution in [-0.2, 0) is 18.4 Å². The lowest BCUT2D eigenvalue weighted by Gasteiger charge is -2.24. The molecule has 0 aliphatic carbocycles. The molecule has 0 radical (unpaired) electrons. The second-order valence-corrected chi connectivity index (χ2v) is 8.53. The van der Waals surface area contributed by atoms with Crippen LogP contribution in [0.15, 0.2) is 30.3 Å². The molecule has 0 fully saturated rings. The van der Waals surface area contributed by atoms with E-state index >= 15 is 0 Å². The topological polar surface area (TPSA) is 76.1 Å². The van der Waals surface area contributed by atoms with Crippen LogP contribution in [0.2, 0.25) is 0 Å². The van der Waals surface area contributed by atoms with Gasteiger partial charge >= 0.3 is 7.60 Å². The number of carbonyl (C=O) groups is 1. The number of aliphatic hydroxyl groups is 1. The largest absolute Gasteiger partial charge is 0.380 e. The van der Waals surface area contributed by atoms with Crippen LogP contribution in [0.1, 0.15) is 51.5 Å². The SMILES string of the molecule is CCOP(=O)(OCC)C(O)CCCC(=O)N(C)CC(C)c1ccccc1. The van der Waals surface area contributed by atoms with Gasteiger partial charge < -0.3 is 19.1 Å². The fourth-order valence-electron chi connectivity index (χ4n) is 2.75. The van der Waals surface area contributed by atoms with E-state index in [1.54, 1.807) is 25.8 Å². The van der Waals surface area contributed by atoms with E-state index in [4.69, 9.17) is 9.05 Å². The van der Waals surface area contributed by atoms with Crippen molar-refractivity contribution in [2.45, 2.75) is 51.8 Å². The summed E-state index contributed by atoms with van der Waals surface area (Å²) >= 11 is 0. The van der Waals surface area contributed by atoms with Crippen LogP contribution in [0, 0.1) is 0 Å². The molecule has 0 heterocycles. The van der Waals surface area contributed by atoms with Gasteiger partial charge in [-0.15, -0.1) is 0 Å². The molecule has 2 unspecified atom stereocenters. The number of nitrogens with zero attached hydrogens (tertiary/aromatic N) is 1. The first kappa shape index (κ1) is 22.8. The lowest BCUT2D eigenvalue weighted by atomic mass is 10.0. The van der Waals surface area contributed by atoms with Crippen LogP contribution in [0.5, 0.6) is 0 Å². The number of benzene rings is 1. The fraction of sp³-hybridized carbons (Fsp3) is 0.632. The smallest absolute Gasteiger partial charge is 0.358 e. The highest BCUT2D eigenvalue weighted by Gasteiger charge is 2.33. The monoisotopic (exact) mass is 385 g/mol. The fourth-order valence-corrected chi connectivity index (χ4v) is 4.39. The minimum atomic E-state index is -3.53. The summed E-state index contributed by atoms with van der Waals surface area (Å²) in [6, 6.07) is 10.1. The predicted octanol–water partition coefficient (Wildman–Crippen LogP) is 4.00. The molecule has 0 aliphatic rings. The highest BCUT2D eigenvalue weighted by atomic mass is 31.2. The van der Waals surface area contributed by atoms with E-state index in [0.717, 1.165) is 0 Å². The lowest BCUT2D eigenvalue weighted by molar-refractivity contribution is -0.130. The van der Waals surface area contributed by atoms with Crippen molar-refractivity contribution >= 4 is 13.5 Å². The Morgan fingerprint density at radius 1 is 1.19 bits per heavy atom. The minimum absolute atomic E-state index is 0.00244. The second kappa shape index (κ2) is 11.5. The van der Waals surface area contributed by atoms with E-state index in [1.165, 1.54) is 5.56 Å². The van der Waals surface area contributed by atoms with E-state index in [1.807, 2.05) is 18.2 Å². The second-order valence-electron chi connectivity index (χ2n) is 6.33. The predicted molar refractivity (Wildman–Crippen MR) is 103 cm³/mol. The summed E-state index contributed by atoms with van der Waals surface area (Å²) < 4.78 is 22.7. The quantitative estimate of drug-likeness (QED) is 0.550. The van der Waals surface area contributed by atoms with Crippen molar-refractivity contribution in [3.63, 3.8) is 0 Å². The molecule has 0 bridgehead atoms. The zero-order valence-electron chi connectivity index (χ0n) is 16.3. The molecule has 26 heavy (non-hydrogen) atoms. The van der Waals surface area contributed by atoms with Crippen molar-refractivity contribution in [2.24, 2.45) is 0 Å². The molecule has 0 spiro atoms. The third-order valence-electron chi connectivity index (χ3n) is 4.18. The Labute approximate surface area is 157 Å². The number of likely N-dealkylation sites (N-methyl/N-ethyl adjacent to an activating group) is 1. The van der Waals surface area contributed by atoms with Crippen molar-refractivity contribution in [2.75, 3.05) is 26.8 Å². The number of aliphatic hydroxyl groups excluding tert-OH is 1. The Kier molecular flexibility index (Phi) is 10.1. The first-order valence-corrected chi connectivity index (χ1v) is 10.8. The van der Waals surface area contributed by atoms with E-state index in [0.29, 0.717) is 13.0 Å². The number of carbonyl (C=O) groups excluding carboxylic acids is 1. The van der Waals surface area contributed by atoms with Crippen LogP contribution in [0.4, 0.5) is 0 Å². The summed E-state index contributed by atoms with van der Waals surface area (Å²) in [5.41, 5.74) is 1.19. The summed E-state index contributed by atoms with van der Waals surface area (Å²) in [5, 5.41) is 10.1. The molecular weight excluding hydrogens is 353 g/mol. The first-order valence-electron chi connectivity index (χ1n) is 9.19. The molecule has 0 saturated heterocycles. The van der Waals surface area contributed by atoms with Crippen LogP contribution in [0.3, 0.4) is 0 Å². The molecule has 2 atom stereocenters. The van der Waals surface area contributed by atoms with Crippen LogP contribution >= 0.6 is 7.60 Å². The normalized spacial score (nSPS) is 14.0. The van der Waals surface area contributed by atoms with Gasteiger partial charge in [0.05, 0.1) is 13.2 Å². The van der Waals surface area contributed by atoms with Gasteiger partial charge in [0, 0.05) is 20.0 Å². The van der Waals surface area contributed by atoms with E-state index in [2.05, 4.69) is 19.1 Å². The van der Waals surface area contributed by atoms with E-state index in [-0.39, 0.29) is 37.9 Å². The van der Waals surface area contributed by atoms with E-state index < -0.39 is 13.4 Å². The summed E-state index contributed by atoms with van der Waals surface area (Å²) in [7, 11) is -1.74. The van der Waals surface area contributed by atoms with Crippen molar-refractivity contribution in [1.29, 1.82) is 0 Å². The average molecular weight is 385 g/mol. The average Bonchev–Trinajstić information content (AvgIpc) is 2.62. The van der Waals surface area contributed by atoms with Crippen molar-refractivity contribution in [3.05, 3.63) is 35.9 Å². The third-order valence-corrected chi connectivity index (χ3v) is 6.40. The molecule has 1 amide bonds. The Hall–Kier alpha value is -1.20. The molecule has 1 aromatic carbocycles. The molecule has 0 aromatic heterocycles. The Balaban J connectivity index is 2.44. The third kappa shape index (κ3) is 7.20. The molecule has 0 saturated carbocycles. The van der Waals surface area contributed by atoms with Crippen molar-refractivity contribution in [1.82, 2.24) is 4.90 Å². The molecular formula is C19H32NO5P. The van der Waals surface area contributed by atoms with Crippen molar-refractivity contribution in [3.8, 4) is 0 Å². The van der Waals surface area contributed by atoms with E-state index in [9.17, 15) is 14.5 Å². The zero-order valence-corrected chi connectivity index (χ0v) is 17.2. The maximum Gasteiger partial charge on any atom is 0.358 e. The number of rotatable bonds is 12. The molecule has 7 heteroatoms. The Morgan fingerprint density at radius 2 is 1.77 bits per heavy atom. The Bertz CT molecular complexity index is 571. The zero-order chi connectivity index (χ0) is 19.6. The van der Waals surface area contributed by atoms with Gasteiger partial charge in [-0.3, -0.25) is 9.36 Å². The maximum atomic E-state index is 12.4. The molecule has 1 aromatic rings. The van der Waals surface area contributed by atoms with Gasteiger partial charge in [0.1, 0.15) is 0 Å². The van der Waals surface area contributed by atoms with Crippen molar-refractivity contribution < 1.29 is 23.5 Å². The standard InChI is InChI=1S/C19H32NO5P/c1-5-24-26(23,25-6-2)19(22)14-10-13-18(21)20(4)15-16(3)17-11-8-7-9-12-17/h7-9,11-12,16,19,22H,5-6,10,13-15H2,1-4H3. The van der Waals surface area contributed by atoms with Gasteiger partial charge in [-0.1, -0.05) is 37.3 Å². The van der Waals surface area contributed by atoms with Gasteiger partial charge in [-0.2, -0.15) is 0 Å². The molecule has 148 valence electrons. The summed E-state index contributed by atoms with van der Waals surface area (Å²) in [6.07, 6.45) is 0.909. The lowest BCUT2D eigenvalue weighted by Crippen LogP contribution is -2.30. The first-order chi connectivity index (χ1) is 12.3. The van der Waals surface area contributed by atoms with Gasteiger partial charge in [0.15, 0.2) is 5.85 Å². The van der Waals surface area contributed by atoms with Crippen LogP contribution in [-0.4, -0.2) is 48.6 Å². The molecule has 6 nitrogen and oxygen atoms in total. The summed E-state index contributed by atoms with van der Waals surface area (Å²) in [4.78, 5) is 14.0. The Morgan fingerprint density at radius 3 is 2.31 bits per heavy atom. The summed E-state index contributed by atoms with van der Waals surface area (Å²) in [6.45, 7) is 6.52. The van der Waals surface area contributed by atoms with Gasteiger partial charge in [0.25, 0.3) is 0 Å². The molecule has 1 N–H and O–H groups in total. The van der Waals surface area contributed by atoms with Gasteiger partial charge in [-0.05, 0) is 38.2 Å². The number of amides is 1. The van der Waals surface area contributed by atoms with Gasteiger partial charge in [-0.25, -0.2) is 0 Å². The maximum absolute atomic E-state index is 12.4. The molecule has 0 aliphatic heterocycles. The van der Waals surface area contributed by atoms with Crippen LogP contribution < -0.4 is 0 Å². The highest BCUT2D eigenvalue weighted by molar-refractivity contribution is 7.54. The highest BCUT2D eigenvalue weighted by Crippen LogP contribution is 2.53. The summed E-state index contributed by atoms with van der Waals surface area (Å²) in [5.74, 6) is -0.960. The van der Waals surface area contributed by atoms with Crippen LogP contribution in [0.25, 0.3) is 0 Å². The van der Waals surface area contributed by atoms with Gasteiger partial charge in [0.2, 0.25) is 5.91 Å². The molecule has 1 rings (SSSR count).